The van der Waals surface area contributed by atoms with Crippen molar-refractivity contribution in [3.05, 3.63) is 33.6 Å². The van der Waals surface area contributed by atoms with E-state index in [-0.39, 0.29) is 11.4 Å². The molecule has 84 valence electrons. The molecule has 0 amide bonds. The molecule has 0 aliphatic rings. The monoisotopic (exact) mass is 226 g/mol. The van der Waals surface area contributed by atoms with Crippen LogP contribution in [0.25, 0.3) is 6.08 Å². The highest BCUT2D eigenvalue weighted by Gasteiger charge is 2.17. The van der Waals surface area contributed by atoms with Gasteiger partial charge in [0.1, 0.15) is 5.57 Å². The Morgan fingerprint density at radius 1 is 1.38 bits per heavy atom. The number of hydrogen-bond acceptors (Lipinski definition) is 4. The number of aliphatic carboxylic acids is 2. The van der Waals surface area contributed by atoms with Gasteiger partial charge in [0.25, 0.3) is 5.69 Å². The SMILES string of the molecule is O=C(O)C(=Cc1cc([N+](=O)[O-])c[nH]1)C(=O)O. The number of H-pyrrole nitrogens is 1. The lowest BCUT2D eigenvalue weighted by Crippen LogP contribution is -2.10. The number of nitro groups is 1. The van der Waals surface area contributed by atoms with Crippen LogP contribution in [0.2, 0.25) is 0 Å². The van der Waals surface area contributed by atoms with Crippen LogP contribution in [-0.2, 0) is 9.59 Å². The summed E-state index contributed by atoms with van der Waals surface area (Å²) in [6, 6.07) is 1.03. The van der Waals surface area contributed by atoms with Crippen LogP contribution in [-0.4, -0.2) is 32.1 Å². The molecule has 3 N–H and O–H groups in total. The molecule has 8 nitrogen and oxygen atoms in total. The van der Waals surface area contributed by atoms with Gasteiger partial charge in [0.2, 0.25) is 0 Å². The zero-order valence-corrected chi connectivity index (χ0v) is 7.71. The third-order valence-corrected chi connectivity index (χ3v) is 1.66. The molecule has 0 atom stereocenters. The van der Waals surface area contributed by atoms with Crippen molar-refractivity contribution < 1.29 is 24.7 Å². The second-order valence-electron chi connectivity index (χ2n) is 2.74. The normalized spacial score (nSPS) is 9.50. The Morgan fingerprint density at radius 3 is 2.31 bits per heavy atom. The van der Waals surface area contributed by atoms with E-state index in [1.54, 1.807) is 0 Å². The number of rotatable bonds is 4. The van der Waals surface area contributed by atoms with Crippen LogP contribution in [0.15, 0.2) is 17.8 Å². The van der Waals surface area contributed by atoms with Gasteiger partial charge in [0.05, 0.1) is 11.1 Å². The van der Waals surface area contributed by atoms with Crippen LogP contribution in [0.3, 0.4) is 0 Å². The summed E-state index contributed by atoms with van der Waals surface area (Å²) in [5.74, 6) is -3.24. The minimum absolute atomic E-state index is 0.0338. The molecule has 1 rings (SSSR count). The van der Waals surface area contributed by atoms with Crippen LogP contribution in [0.5, 0.6) is 0 Å². The van der Waals surface area contributed by atoms with Crippen molar-refractivity contribution in [2.75, 3.05) is 0 Å². The van der Waals surface area contributed by atoms with Gasteiger partial charge in [0, 0.05) is 11.8 Å². The van der Waals surface area contributed by atoms with Crippen LogP contribution in [0.1, 0.15) is 5.69 Å². The first-order valence-electron chi connectivity index (χ1n) is 3.93. The Hall–Kier alpha value is -2.64. The van der Waals surface area contributed by atoms with Crippen molar-refractivity contribution in [2.45, 2.75) is 0 Å². The van der Waals surface area contributed by atoms with E-state index in [4.69, 9.17) is 10.2 Å². The lowest BCUT2D eigenvalue weighted by molar-refractivity contribution is -0.384. The maximum atomic E-state index is 10.5. The maximum absolute atomic E-state index is 10.5. The van der Waals surface area contributed by atoms with Crippen molar-refractivity contribution in [3.63, 3.8) is 0 Å². The van der Waals surface area contributed by atoms with Crippen molar-refractivity contribution in [3.8, 4) is 0 Å². The number of carboxylic acid groups (broad SMARTS) is 2. The zero-order chi connectivity index (χ0) is 12.3. The number of nitrogens with one attached hydrogen (secondary N) is 1. The Balaban J connectivity index is 3.09. The van der Waals surface area contributed by atoms with Crippen LogP contribution < -0.4 is 0 Å². The first-order chi connectivity index (χ1) is 7.41. The zero-order valence-electron chi connectivity index (χ0n) is 7.71. The summed E-state index contributed by atoms with van der Waals surface area (Å²) in [5.41, 5.74) is -1.12. The fraction of sp³-hybridized carbons (Fsp3) is 0. The van der Waals surface area contributed by atoms with Gasteiger partial charge in [-0.3, -0.25) is 10.1 Å². The maximum Gasteiger partial charge on any atom is 0.343 e. The number of nitrogens with zero attached hydrogens (tertiary/aromatic N) is 1. The summed E-state index contributed by atoms with van der Waals surface area (Å²) in [6.07, 6.45) is 1.84. The third kappa shape index (κ3) is 2.44. The fourth-order valence-corrected chi connectivity index (χ4v) is 0.959. The Morgan fingerprint density at radius 2 is 1.94 bits per heavy atom. The molecule has 0 bridgehead atoms. The molecule has 0 spiro atoms. The van der Waals surface area contributed by atoms with E-state index in [1.807, 2.05) is 0 Å². The molecule has 1 aromatic rings. The second-order valence-corrected chi connectivity index (χ2v) is 2.74. The van der Waals surface area contributed by atoms with Gasteiger partial charge >= 0.3 is 11.9 Å². The van der Waals surface area contributed by atoms with Gasteiger partial charge in [0.15, 0.2) is 0 Å². The molecular weight excluding hydrogens is 220 g/mol. The summed E-state index contributed by atoms with van der Waals surface area (Å²) in [4.78, 5) is 33.0. The molecular formula is C8H6N2O6. The van der Waals surface area contributed by atoms with Crippen molar-refractivity contribution >= 4 is 23.7 Å². The van der Waals surface area contributed by atoms with E-state index in [1.165, 1.54) is 0 Å². The lowest BCUT2D eigenvalue weighted by Gasteiger charge is -1.93. The minimum Gasteiger partial charge on any atom is -0.477 e. The van der Waals surface area contributed by atoms with Gasteiger partial charge in [-0.25, -0.2) is 9.59 Å². The predicted molar refractivity (Wildman–Crippen MR) is 50.7 cm³/mol. The number of aromatic amines is 1. The van der Waals surface area contributed by atoms with E-state index in [2.05, 4.69) is 4.98 Å². The largest absolute Gasteiger partial charge is 0.477 e. The van der Waals surface area contributed by atoms with Gasteiger partial charge in [-0.2, -0.15) is 0 Å². The van der Waals surface area contributed by atoms with E-state index in [0.717, 1.165) is 18.3 Å². The molecule has 8 heteroatoms. The molecule has 0 saturated carbocycles. The smallest absolute Gasteiger partial charge is 0.343 e. The first kappa shape index (κ1) is 11.4. The predicted octanol–water partition coefficient (Wildman–Crippen LogP) is 0.475. The van der Waals surface area contributed by atoms with Crippen LogP contribution >= 0.6 is 0 Å². The summed E-state index contributed by atoms with van der Waals surface area (Å²) in [7, 11) is 0. The van der Waals surface area contributed by atoms with Crippen LogP contribution in [0.4, 0.5) is 5.69 Å². The molecule has 0 fully saturated rings. The number of hydrogen-bond donors (Lipinski definition) is 3. The number of carbonyl (C=O) groups is 2. The topological polar surface area (TPSA) is 134 Å². The van der Waals surface area contributed by atoms with Gasteiger partial charge in [-0.05, 0) is 6.08 Å². The lowest BCUT2D eigenvalue weighted by atomic mass is 10.2. The van der Waals surface area contributed by atoms with E-state index < -0.39 is 22.4 Å². The van der Waals surface area contributed by atoms with Crippen molar-refractivity contribution in [2.24, 2.45) is 0 Å². The molecule has 0 aliphatic heterocycles. The molecule has 0 aliphatic carbocycles. The highest BCUT2D eigenvalue weighted by Crippen LogP contribution is 2.14. The summed E-state index contributed by atoms with van der Waals surface area (Å²) < 4.78 is 0. The second kappa shape index (κ2) is 4.26. The molecule has 0 aromatic carbocycles. The molecule has 0 unspecified atom stereocenters. The summed E-state index contributed by atoms with van der Waals surface area (Å²) in [5, 5.41) is 27.3. The first-order valence-corrected chi connectivity index (χ1v) is 3.93. The number of aromatic nitrogens is 1. The highest BCUT2D eigenvalue weighted by molar-refractivity contribution is 6.16. The minimum atomic E-state index is -1.62. The van der Waals surface area contributed by atoms with Gasteiger partial charge in [-0.1, -0.05) is 0 Å². The quantitative estimate of drug-likeness (QED) is 0.224. The van der Waals surface area contributed by atoms with E-state index >= 15 is 0 Å². The van der Waals surface area contributed by atoms with E-state index in [9.17, 15) is 19.7 Å². The summed E-state index contributed by atoms with van der Waals surface area (Å²) in [6.45, 7) is 0. The Bertz CT molecular complexity index is 470. The average Bonchev–Trinajstić information content (AvgIpc) is 2.61. The Kier molecular flexibility index (Phi) is 3.04. The van der Waals surface area contributed by atoms with Crippen molar-refractivity contribution in [1.29, 1.82) is 0 Å². The average molecular weight is 226 g/mol. The summed E-state index contributed by atoms with van der Waals surface area (Å²) >= 11 is 0. The molecule has 0 saturated heterocycles. The van der Waals surface area contributed by atoms with E-state index in [0.29, 0.717) is 0 Å². The third-order valence-electron chi connectivity index (χ3n) is 1.66. The highest BCUT2D eigenvalue weighted by atomic mass is 16.6. The molecule has 1 heterocycles. The van der Waals surface area contributed by atoms with Crippen molar-refractivity contribution in [1.82, 2.24) is 4.98 Å². The molecule has 16 heavy (non-hydrogen) atoms. The number of carboxylic acids is 2. The van der Waals surface area contributed by atoms with Crippen LogP contribution in [0, 0.1) is 10.1 Å². The molecule has 1 aromatic heterocycles. The Labute approximate surface area is 88.0 Å². The van der Waals surface area contributed by atoms with Gasteiger partial charge in [-0.15, -0.1) is 0 Å². The van der Waals surface area contributed by atoms with Gasteiger partial charge < -0.3 is 15.2 Å². The fourth-order valence-electron chi connectivity index (χ4n) is 0.959. The molecule has 0 radical (unpaired) electrons. The standard InChI is InChI=1S/C8H6N2O6/c11-7(12)6(8(13)14)2-4-1-5(3-9-4)10(15)16/h1-3,9H,(H,11,12)(H,13,14).